The Bertz CT molecular complexity index is 375. The van der Waals surface area contributed by atoms with Crippen LogP contribution in [0.4, 0.5) is 0 Å². The number of nitrogens with two attached hydrogens (primary N) is 1. The molecule has 0 radical (unpaired) electrons. The molecular weight excluding hydrogens is 248 g/mol. The number of hydrogen-bond acceptors (Lipinski definition) is 5. The van der Waals surface area contributed by atoms with Crippen molar-refractivity contribution in [2.45, 2.75) is 37.8 Å². The maximum absolute atomic E-state index is 11.7. The van der Waals surface area contributed by atoms with E-state index in [1.54, 1.807) is 0 Å². The van der Waals surface area contributed by atoms with Gasteiger partial charge in [0, 0.05) is 12.1 Å². The first-order valence-electron chi connectivity index (χ1n) is 5.20. The Labute approximate surface area is 102 Å². The second-order valence-corrected chi connectivity index (χ2v) is 5.50. The van der Waals surface area contributed by atoms with Gasteiger partial charge in [-0.15, -0.1) is 10.2 Å². The lowest BCUT2D eigenvalue weighted by Gasteiger charge is -2.26. The molecule has 0 saturated heterocycles. The number of nitrogens with zero attached hydrogens (tertiary/aromatic N) is 2. The van der Waals surface area contributed by atoms with E-state index in [1.807, 2.05) is 0 Å². The third-order valence-electron chi connectivity index (χ3n) is 2.70. The van der Waals surface area contributed by atoms with E-state index < -0.39 is 0 Å². The fourth-order valence-corrected chi connectivity index (χ4v) is 2.54. The molecule has 1 fully saturated rings. The van der Waals surface area contributed by atoms with Gasteiger partial charge in [0.2, 0.25) is 9.47 Å². The largest absolute Gasteiger partial charge is 0.347 e. The van der Waals surface area contributed by atoms with Gasteiger partial charge in [-0.2, -0.15) is 0 Å². The predicted octanol–water partition coefficient (Wildman–Crippen LogP) is 1.19. The molecule has 0 atom stereocenters. The summed E-state index contributed by atoms with van der Waals surface area (Å²) in [6.45, 7) is 0. The van der Waals surface area contributed by atoms with E-state index in [2.05, 4.69) is 15.5 Å². The van der Waals surface area contributed by atoms with Crippen molar-refractivity contribution in [2.24, 2.45) is 5.73 Å². The molecule has 1 heterocycles. The smallest absolute Gasteiger partial charge is 0.282 e. The summed E-state index contributed by atoms with van der Waals surface area (Å²) in [5.74, 6) is -0.190. The minimum atomic E-state index is -0.190. The van der Waals surface area contributed by atoms with Crippen LogP contribution >= 0.6 is 22.9 Å². The van der Waals surface area contributed by atoms with E-state index in [4.69, 9.17) is 17.3 Å². The molecule has 5 nitrogen and oxygen atoms in total. The molecule has 88 valence electrons. The molecule has 16 heavy (non-hydrogen) atoms. The van der Waals surface area contributed by atoms with Crippen LogP contribution in [-0.4, -0.2) is 28.2 Å². The van der Waals surface area contributed by atoms with E-state index in [0.717, 1.165) is 37.0 Å². The third-order valence-corrected chi connectivity index (χ3v) is 3.72. The van der Waals surface area contributed by atoms with Crippen molar-refractivity contribution in [3.05, 3.63) is 9.47 Å². The summed E-state index contributed by atoms with van der Waals surface area (Å²) >= 11 is 6.71. The topological polar surface area (TPSA) is 80.9 Å². The lowest BCUT2D eigenvalue weighted by atomic mass is 9.92. The van der Waals surface area contributed by atoms with Gasteiger partial charge >= 0.3 is 0 Å². The Morgan fingerprint density at radius 1 is 1.38 bits per heavy atom. The Hall–Kier alpha value is -0.720. The van der Waals surface area contributed by atoms with Crippen molar-refractivity contribution >= 4 is 28.8 Å². The molecule has 0 bridgehead atoms. The molecule has 1 aromatic heterocycles. The van der Waals surface area contributed by atoms with Gasteiger partial charge in [-0.1, -0.05) is 11.3 Å². The van der Waals surface area contributed by atoms with Crippen LogP contribution in [0.1, 0.15) is 35.5 Å². The highest BCUT2D eigenvalue weighted by molar-refractivity contribution is 7.17. The Balaban J connectivity index is 1.88. The van der Waals surface area contributed by atoms with Crippen LogP contribution in [0.5, 0.6) is 0 Å². The van der Waals surface area contributed by atoms with Crippen molar-refractivity contribution < 1.29 is 4.79 Å². The molecule has 0 unspecified atom stereocenters. The van der Waals surface area contributed by atoms with Crippen LogP contribution in [0.3, 0.4) is 0 Å². The number of rotatable bonds is 2. The lowest BCUT2D eigenvalue weighted by Crippen LogP contribution is -2.40. The molecule has 1 amide bonds. The maximum Gasteiger partial charge on any atom is 0.282 e. The fourth-order valence-electron chi connectivity index (χ4n) is 1.81. The van der Waals surface area contributed by atoms with Crippen molar-refractivity contribution in [1.29, 1.82) is 0 Å². The van der Waals surface area contributed by atoms with Gasteiger partial charge in [-0.05, 0) is 37.3 Å². The summed E-state index contributed by atoms with van der Waals surface area (Å²) in [4.78, 5) is 11.7. The van der Waals surface area contributed by atoms with Crippen LogP contribution in [0.25, 0.3) is 0 Å². The SMILES string of the molecule is NC1CCC(NC(=O)c2nnc(Cl)s2)CC1. The van der Waals surface area contributed by atoms with Crippen LogP contribution < -0.4 is 11.1 Å². The normalized spacial score (nSPS) is 25.4. The summed E-state index contributed by atoms with van der Waals surface area (Å²) in [5.41, 5.74) is 5.79. The predicted molar refractivity (Wildman–Crippen MR) is 62.6 cm³/mol. The van der Waals surface area contributed by atoms with Crippen LogP contribution in [0.15, 0.2) is 0 Å². The van der Waals surface area contributed by atoms with Crippen LogP contribution in [0, 0.1) is 0 Å². The van der Waals surface area contributed by atoms with E-state index in [-0.39, 0.29) is 22.5 Å². The van der Waals surface area contributed by atoms with E-state index >= 15 is 0 Å². The van der Waals surface area contributed by atoms with Crippen molar-refractivity contribution in [3.63, 3.8) is 0 Å². The van der Waals surface area contributed by atoms with Crippen molar-refractivity contribution in [1.82, 2.24) is 15.5 Å². The van der Waals surface area contributed by atoms with E-state index in [1.165, 1.54) is 0 Å². The van der Waals surface area contributed by atoms with Gasteiger partial charge in [-0.3, -0.25) is 4.79 Å². The van der Waals surface area contributed by atoms with Gasteiger partial charge in [-0.25, -0.2) is 0 Å². The van der Waals surface area contributed by atoms with Gasteiger partial charge in [0.1, 0.15) is 0 Å². The number of halogens is 1. The monoisotopic (exact) mass is 260 g/mol. The molecule has 7 heteroatoms. The van der Waals surface area contributed by atoms with Crippen LogP contribution in [-0.2, 0) is 0 Å². The first kappa shape index (κ1) is 11.8. The highest BCUT2D eigenvalue weighted by Gasteiger charge is 2.21. The molecule has 2 rings (SSSR count). The molecule has 0 spiro atoms. The lowest BCUT2D eigenvalue weighted by molar-refractivity contribution is 0.0925. The minimum Gasteiger partial charge on any atom is -0.347 e. The second kappa shape index (κ2) is 5.07. The number of nitrogens with one attached hydrogen (secondary N) is 1. The minimum absolute atomic E-state index is 0.190. The summed E-state index contributed by atoms with van der Waals surface area (Å²) in [6, 6.07) is 0.485. The van der Waals surface area contributed by atoms with E-state index in [0.29, 0.717) is 5.01 Å². The number of carbonyl (C=O) groups is 1. The van der Waals surface area contributed by atoms with Gasteiger partial charge in [0.25, 0.3) is 5.91 Å². The zero-order valence-corrected chi connectivity index (χ0v) is 10.2. The second-order valence-electron chi connectivity index (χ2n) is 3.95. The van der Waals surface area contributed by atoms with Gasteiger partial charge in [0.15, 0.2) is 0 Å². The van der Waals surface area contributed by atoms with Crippen molar-refractivity contribution in [3.8, 4) is 0 Å². The average Bonchev–Trinajstić information content (AvgIpc) is 2.68. The molecule has 0 aliphatic heterocycles. The number of aromatic nitrogens is 2. The van der Waals surface area contributed by atoms with Gasteiger partial charge in [0.05, 0.1) is 0 Å². The molecule has 1 aromatic rings. The maximum atomic E-state index is 11.7. The zero-order chi connectivity index (χ0) is 11.5. The van der Waals surface area contributed by atoms with Crippen LogP contribution in [0.2, 0.25) is 4.47 Å². The standard InChI is InChI=1S/C9H13ClN4OS/c10-9-14-13-8(16-9)7(15)12-6-3-1-5(11)2-4-6/h5-6H,1-4,11H2,(H,12,15). The Morgan fingerprint density at radius 2 is 2.06 bits per heavy atom. The van der Waals surface area contributed by atoms with Crippen molar-refractivity contribution in [2.75, 3.05) is 0 Å². The molecular formula is C9H13ClN4OS. The summed E-state index contributed by atoms with van der Waals surface area (Å²) in [5, 5.41) is 10.5. The average molecular weight is 261 g/mol. The first-order chi connectivity index (χ1) is 7.65. The quantitative estimate of drug-likeness (QED) is 0.837. The molecule has 1 aliphatic rings. The zero-order valence-electron chi connectivity index (χ0n) is 8.65. The Kier molecular flexibility index (Phi) is 3.73. The third kappa shape index (κ3) is 2.90. The first-order valence-corrected chi connectivity index (χ1v) is 6.40. The number of hydrogen-bond donors (Lipinski definition) is 2. The molecule has 3 N–H and O–H groups in total. The molecule has 0 aromatic carbocycles. The Morgan fingerprint density at radius 3 is 2.62 bits per heavy atom. The molecule has 1 aliphatic carbocycles. The van der Waals surface area contributed by atoms with Gasteiger partial charge < -0.3 is 11.1 Å². The number of amides is 1. The highest BCUT2D eigenvalue weighted by atomic mass is 35.5. The fraction of sp³-hybridized carbons (Fsp3) is 0.667. The van der Waals surface area contributed by atoms with E-state index in [9.17, 15) is 4.79 Å². The summed E-state index contributed by atoms with van der Waals surface area (Å²) in [7, 11) is 0. The number of carbonyl (C=O) groups excluding carboxylic acids is 1. The highest BCUT2D eigenvalue weighted by Crippen LogP contribution is 2.19. The summed E-state index contributed by atoms with van der Waals surface area (Å²) < 4.78 is 0.288. The summed E-state index contributed by atoms with van der Waals surface area (Å²) in [6.07, 6.45) is 3.78. The molecule has 1 saturated carbocycles.